The van der Waals surface area contributed by atoms with Crippen molar-refractivity contribution in [3.8, 4) is 0 Å². The van der Waals surface area contributed by atoms with Gasteiger partial charge in [-0.2, -0.15) is 12.7 Å². The number of carbonyl (C=O) groups is 2. The highest BCUT2D eigenvalue weighted by molar-refractivity contribution is 7.90. The predicted molar refractivity (Wildman–Crippen MR) is 145 cm³/mol. The molecule has 0 saturated carbocycles. The molecule has 0 aliphatic heterocycles. The van der Waals surface area contributed by atoms with E-state index in [1.54, 1.807) is 44.2 Å². The van der Waals surface area contributed by atoms with Crippen LogP contribution in [0.25, 0.3) is 0 Å². The summed E-state index contributed by atoms with van der Waals surface area (Å²) in [6.07, 6.45) is 0. The zero-order valence-electron chi connectivity index (χ0n) is 22.1. The number of amides is 2. The van der Waals surface area contributed by atoms with E-state index >= 15 is 0 Å². The highest BCUT2D eigenvalue weighted by atomic mass is 35.5. The maximum atomic E-state index is 13.7. The first kappa shape index (κ1) is 29.6. The number of aryl methyl sites for hydroxylation is 2. The lowest BCUT2D eigenvalue weighted by molar-refractivity contribution is -0.139. The van der Waals surface area contributed by atoms with Crippen LogP contribution < -0.4 is 9.62 Å². The second kappa shape index (κ2) is 12.6. The summed E-state index contributed by atoms with van der Waals surface area (Å²) in [5.41, 5.74) is 2.76. The summed E-state index contributed by atoms with van der Waals surface area (Å²) in [4.78, 5) is 28.1. The van der Waals surface area contributed by atoms with Crippen molar-refractivity contribution in [3.63, 3.8) is 0 Å². The lowest BCUT2D eigenvalue weighted by atomic mass is 10.1. The van der Waals surface area contributed by atoms with Gasteiger partial charge in [-0.05, 0) is 61.6 Å². The molecular weight excluding hydrogens is 500 g/mol. The van der Waals surface area contributed by atoms with E-state index in [1.165, 1.54) is 19.0 Å². The van der Waals surface area contributed by atoms with Crippen molar-refractivity contribution in [2.75, 3.05) is 31.5 Å². The highest BCUT2D eigenvalue weighted by Gasteiger charge is 2.33. The number of carbonyl (C=O) groups excluding carboxylic acids is 2. The van der Waals surface area contributed by atoms with Gasteiger partial charge in [-0.15, -0.1) is 0 Å². The minimum Gasteiger partial charge on any atom is -0.354 e. The average molecular weight is 537 g/mol. The van der Waals surface area contributed by atoms with Crippen LogP contribution in [-0.2, 0) is 26.3 Å². The molecule has 1 N–H and O–H groups in total. The Balaban J connectivity index is 2.48. The van der Waals surface area contributed by atoms with Crippen molar-refractivity contribution in [1.29, 1.82) is 0 Å². The molecule has 0 unspecified atom stereocenters. The molecule has 0 spiro atoms. The Kier molecular flexibility index (Phi) is 10.3. The van der Waals surface area contributed by atoms with Crippen LogP contribution in [0.1, 0.15) is 37.5 Å². The molecule has 0 fully saturated rings. The van der Waals surface area contributed by atoms with Gasteiger partial charge < -0.3 is 10.2 Å². The molecule has 2 rings (SSSR count). The van der Waals surface area contributed by atoms with Gasteiger partial charge in [0.2, 0.25) is 11.8 Å². The number of halogens is 1. The van der Waals surface area contributed by atoms with Crippen LogP contribution in [0, 0.1) is 19.8 Å². The number of anilines is 1. The minimum absolute atomic E-state index is 0.120. The monoisotopic (exact) mass is 536 g/mol. The molecule has 8 nitrogen and oxygen atoms in total. The molecule has 2 aromatic carbocycles. The maximum Gasteiger partial charge on any atom is 0.304 e. The lowest BCUT2D eigenvalue weighted by Crippen LogP contribution is -2.52. The van der Waals surface area contributed by atoms with E-state index in [-0.39, 0.29) is 18.4 Å². The number of nitrogens with zero attached hydrogens (tertiary/aromatic N) is 3. The summed E-state index contributed by atoms with van der Waals surface area (Å²) >= 11 is 6.02. The number of hydrogen-bond acceptors (Lipinski definition) is 4. The quantitative estimate of drug-likeness (QED) is 0.473. The Morgan fingerprint density at radius 2 is 1.61 bits per heavy atom. The number of rotatable bonds is 11. The fourth-order valence-electron chi connectivity index (χ4n) is 3.51. The van der Waals surface area contributed by atoms with Gasteiger partial charge in [-0.3, -0.25) is 9.59 Å². The first-order chi connectivity index (χ1) is 16.7. The Bertz CT molecular complexity index is 1170. The van der Waals surface area contributed by atoms with Crippen LogP contribution in [0.5, 0.6) is 0 Å². The van der Waals surface area contributed by atoms with E-state index in [2.05, 4.69) is 5.32 Å². The molecule has 2 amide bonds. The standard InChI is InChI=1S/C26H37ClN4O4S/c1-18(2)15-28-26(33)21(5)30(16-22-10-12-23(27)13-11-22)25(32)17-31(36(34,35)29(6)7)24-14-19(3)8-9-20(24)4/h8-14,18,21H,15-17H2,1-7H3,(H,28,33)/t21-/m1/s1. The molecule has 1 atom stereocenters. The first-order valence-corrected chi connectivity index (χ1v) is 13.6. The zero-order valence-corrected chi connectivity index (χ0v) is 23.7. The van der Waals surface area contributed by atoms with E-state index in [1.807, 2.05) is 32.9 Å². The smallest absolute Gasteiger partial charge is 0.304 e. The molecule has 0 aliphatic rings. The molecule has 0 radical (unpaired) electrons. The fourth-order valence-corrected chi connectivity index (χ4v) is 4.75. The summed E-state index contributed by atoms with van der Waals surface area (Å²) < 4.78 is 28.8. The summed E-state index contributed by atoms with van der Waals surface area (Å²) in [6, 6.07) is 11.6. The highest BCUT2D eigenvalue weighted by Crippen LogP contribution is 2.26. The lowest BCUT2D eigenvalue weighted by Gasteiger charge is -2.33. The van der Waals surface area contributed by atoms with Gasteiger partial charge in [0, 0.05) is 32.2 Å². The number of hydrogen-bond donors (Lipinski definition) is 1. The van der Waals surface area contributed by atoms with Crippen LogP contribution in [-0.4, -0.2) is 62.7 Å². The van der Waals surface area contributed by atoms with Crippen molar-refractivity contribution in [2.24, 2.45) is 5.92 Å². The van der Waals surface area contributed by atoms with Gasteiger partial charge in [-0.25, -0.2) is 4.31 Å². The molecular formula is C26H37ClN4O4S. The summed E-state index contributed by atoms with van der Waals surface area (Å²) in [7, 11) is -1.16. The van der Waals surface area contributed by atoms with Crippen LogP contribution in [0.2, 0.25) is 5.02 Å². The van der Waals surface area contributed by atoms with Crippen LogP contribution >= 0.6 is 11.6 Å². The van der Waals surface area contributed by atoms with Crippen molar-refractivity contribution in [3.05, 3.63) is 64.2 Å². The van der Waals surface area contributed by atoms with Crippen LogP contribution in [0.4, 0.5) is 5.69 Å². The van der Waals surface area contributed by atoms with E-state index < -0.39 is 28.7 Å². The zero-order chi connectivity index (χ0) is 27.2. The molecule has 10 heteroatoms. The summed E-state index contributed by atoms with van der Waals surface area (Å²) in [5, 5.41) is 3.42. The largest absolute Gasteiger partial charge is 0.354 e. The Labute approximate surface area is 220 Å². The normalized spacial score (nSPS) is 12.5. The third-order valence-electron chi connectivity index (χ3n) is 5.77. The Morgan fingerprint density at radius 3 is 2.17 bits per heavy atom. The fraction of sp³-hybridized carbons (Fsp3) is 0.462. The Morgan fingerprint density at radius 1 is 1.00 bits per heavy atom. The van der Waals surface area contributed by atoms with Gasteiger partial charge in [0.1, 0.15) is 12.6 Å². The molecule has 0 aromatic heterocycles. The molecule has 0 heterocycles. The summed E-state index contributed by atoms with van der Waals surface area (Å²) in [6.45, 7) is 9.40. The van der Waals surface area contributed by atoms with Gasteiger partial charge in [0.15, 0.2) is 0 Å². The van der Waals surface area contributed by atoms with Gasteiger partial charge in [0.05, 0.1) is 5.69 Å². The second-order valence-corrected chi connectivity index (χ2v) is 12.1. The van der Waals surface area contributed by atoms with E-state index in [9.17, 15) is 18.0 Å². The molecule has 198 valence electrons. The second-order valence-electron chi connectivity index (χ2n) is 9.55. The molecule has 0 aliphatic carbocycles. The van der Waals surface area contributed by atoms with Gasteiger partial charge >= 0.3 is 10.2 Å². The number of nitrogens with one attached hydrogen (secondary N) is 1. The van der Waals surface area contributed by atoms with Crippen molar-refractivity contribution >= 4 is 39.3 Å². The Hall–Kier alpha value is -2.62. The first-order valence-electron chi connectivity index (χ1n) is 11.8. The van der Waals surface area contributed by atoms with E-state index in [4.69, 9.17) is 11.6 Å². The van der Waals surface area contributed by atoms with E-state index in [0.717, 1.165) is 19.7 Å². The number of benzene rings is 2. The molecule has 36 heavy (non-hydrogen) atoms. The predicted octanol–water partition coefficient (Wildman–Crippen LogP) is 3.76. The van der Waals surface area contributed by atoms with Gasteiger partial charge in [0.25, 0.3) is 0 Å². The third-order valence-corrected chi connectivity index (χ3v) is 7.83. The third kappa shape index (κ3) is 7.69. The SMILES string of the molecule is Cc1ccc(C)c(N(CC(=O)N(Cc2ccc(Cl)cc2)[C@H](C)C(=O)NCC(C)C)S(=O)(=O)N(C)C)c1. The van der Waals surface area contributed by atoms with Crippen molar-refractivity contribution in [1.82, 2.24) is 14.5 Å². The van der Waals surface area contributed by atoms with E-state index in [0.29, 0.717) is 22.8 Å². The summed E-state index contributed by atoms with van der Waals surface area (Å²) in [5.74, 6) is -0.560. The van der Waals surface area contributed by atoms with Crippen molar-refractivity contribution in [2.45, 2.75) is 47.2 Å². The van der Waals surface area contributed by atoms with Crippen molar-refractivity contribution < 1.29 is 18.0 Å². The average Bonchev–Trinajstić information content (AvgIpc) is 2.81. The molecule has 0 saturated heterocycles. The van der Waals surface area contributed by atoms with Crippen LogP contribution in [0.15, 0.2) is 42.5 Å². The topological polar surface area (TPSA) is 90.0 Å². The minimum atomic E-state index is -4.00. The molecule has 2 aromatic rings. The van der Waals surface area contributed by atoms with Crippen LogP contribution in [0.3, 0.4) is 0 Å². The maximum absolute atomic E-state index is 13.7. The molecule has 0 bridgehead atoms. The van der Waals surface area contributed by atoms with Gasteiger partial charge in [-0.1, -0.05) is 49.7 Å².